The molecule has 0 saturated heterocycles. The van der Waals surface area contributed by atoms with Gasteiger partial charge in [-0.15, -0.1) is 0 Å². The first-order chi connectivity index (χ1) is 17.6. The highest BCUT2D eigenvalue weighted by atomic mass is 32.2. The number of pyridine rings is 1. The van der Waals surface area contributed by atoms with Gasteiger partial charge in [-0.1, -0.05) is 42.5 Å². The number of carbonyl (C=O) groups is 1. The molecule has 0 saturated carbocycles. The van der Waals surface area contributed by atoms with Crippen LogP contribution in [0.2, 0.25) is 0 Å². The van der Waals surface area contributed by atoms with Crippen LogP contribution >= 0.6 is 0 Å². The lowest BCUT2D eigenvalue weighted by atomic mass is 10.0. The Hall–Kier alpha value is -3.31. The van der Waals surface area contributed by atoms with Gasteiger partial charge in [-0.3, -0.25) is 4.79 Å². The van der Waals surface area contributed by atoms with Crippen LogP contribution in [0.5, 0.6) is 5.75 Å². The lowest BCUT2D eigenvalue weighted by molar-refractivity contribution is 0.0728. The molecule has 0 bridgehead atoms. The molecule has 0 fully saturated rings. The largest absolute Gasteiger partial charge is 0.497 e. The second kappa shape index (κ2) is 12.8. The summed E-state index contributed by atoms with van der Waals surface area (Å²) < 4.78 is 33.1. The first-order valence-electron chi connectivity index (χ1n) is 11.9. The van der Waals surface area contributed by atoms with Crippen molar-refractivity contribution in [3.63, 3.8) is 0 Å². The minimum Gasteiger partial charge on any atom is -0.497 e. The van der Waals surface area contributed by atoms with E-state index in [4.69, 9.17) is 4.74 Å². The van der Waals surface area contributed by atoms with Crippen LogP contribution in [-0.4, -0.2) is 72.3 Å². The van der Waals surface area contributed by atoms with E-state index < -0.39 is 34.2 Å². The van der Waals surface area contributed by atoms with Gasteiger partial charge in [-0.25, -0.2) is 13.4 Å². The maximum Gasteiger partial charge on any atom is 0.270 e. The molecular weight excluding hydrogens is 494 g/mol. The Morgan fingerprint density at radius 3 is 2.38 bits per heavy atom. The number of carbonyl (C=O) groups excluding carboxylic acids is 1. The van der Waals surface area contributed by atoms with Gasteiger partial charge >= 0.3 is 0 Å². The molecular formula is C27H33N3O6S. The van der Waals surface area contributed by atoms with Gasteiger partial charge in [0.25, 0.3) is 5.91 Å². The van der Waals surface area contributed by atoms with Gasteiger partial charge in [0, 0.05) is 24.8 Å². The van der Waals surface area contributed by atoms with E-state index in [9.17, 15) is 23.4 Å². The van der Waals surface area contributed by atoms with Crippen molar-refractivity contribution in [2.24, 2.45) is 0 Å². The lowest BCUT2D eigenvalue weighted by Gasteiger charge is -2.30. The first-order valence-corrected chi connectivity index (χ1v) is 13.3. The Labute approximate surface area is 217 Å². The van der Waals surface area contributed by atoms with Crippen molar-refractivity contribution >= 4 is 15.9 Å². The summed E-state index contributed by atoms with van der Waals surface area (Å²) >= 11 is 0. The van der Waals surface area contributed by atoms with Crippen LogP contribution in [0.4, 0.5) is 0 Å². The van der Waals surface area contributed by atoms with Gasteiger partial charge < -0.3 is 20.3 Å². The average Bonchev–Trinajstić information content (AvgIpc) is 2.88. The van der Waals surface area contributed by atoms with Gasteiger partial charge in [0.15, 0.2) is 0 Å². The third-order valence-electron chi connectivity index (χ3n) is 5.74. The van der Waals surface area contributed by atoms with E-state index in [1.807, 2.05) is 30.3 Å². The molecule has 37 heavy (non-hydrogen) atoms. The molecule has 10 heteroatoms. The minimum atomic E-state index is -4.11. The smallest absolute Gasteiger partial charge is 0.270 e. The number of hydrogen-bond donors (Lipinski definition) is 3. The SMILES string of the molecule is COc1cccc(S(=O)(=O)N(C[C@H](C)O)C[C@@H](O)[C@H](Cc2ccccc2)NC(=O)c2cccc(C)n2)c1. The number of ether oxygens (including phenoxy) is 1. The van der Waals surface area contributed by atoms with Gasteiger partial charge in [-0.2, -0.15) is 4.31 Å². The number of nitrogens with one attached hydrogen (secondary N) is 1. The van der Waals surface area contributed by atoms with E-state index in [0.29, 0.717) is 11.4 Å². The highest BCUT2D eigenvalue weighted by molar-refractivity contribution is 7.89. The molecule has 0 radical (unpaired) electrons. The number of rotatable bonds is 12. The van der Waals surface area contributed by atoms with Gasteiger partial charge in [0.05, 0.1) is 30.3 Å². The maximum absolute atomic E-state index is 13.5. The minimum absolute atomic E-state index is 0.0349. The molecule has 3 rings (SSSR count). The summed E-state index contributed by atoms with van der Waals surface area (Å²) in [5, 5.41) is 24.1. The van der Waals surface area contributed by atoms with E-state index in [2.05, 4.69) is 10.3 Å². The fourth-order valence-electron chi connectivity index (χ4n) is 3.88. The summed E-state index contributed by atoms with van der Waals surface area (Å²) in [6.07, 6.45) is -2.04. The predicted molar refractivity (Wildman–Crippen MR) is 140 cm³/mol. The summed E-state index contributed by atoms with van der Waals surface area (Å²) in [5.74, 6) is -0.125. The Balaban J connectivity index is 1.90. The fourth-order valence-corrected chi connectivity index (χ4v) is 5.45. The molecule has 0 aliphatic heterocycles. The van der Waals surface area contributed by atoms with E-state index in [1.54, 1.807) is 37.3 Å². The second-order valence-corrected chi connectivity index (χ2v) is 10.8. The van der Waals surface area contributed by atoms with Crippen molar-refractivity contribution in [2.45, 2.75) is 43.4 Å². The number of aromatic nitrogens is 1. The van der Waals surface area contributed by atoms with Crippen LogP contribution in [0.15, 0.2) is 77.7 Å². The summed E-state index contributed by atoms with van der Waals surface area (Å²) in [6, 6.07) is 19.4. The van der Waals surface area contributed by atoms with Crippen molar-refractivity contribution in [1.82, 2.24) is 14.6 Å². The molecule has 198 valence electrons. The van der Waals surface area contributed by atoms with Crippen molar-refractivity contribution in [1.29, 1.82) is 0 Å². The Bertz CT molecular complexity index is 1280. The standard InChI is InChI=1S/C27H33N3O6S/c1-19-9-7-14-24(28-19)27(33)29-25(15-21-10-5-4-6-11-21)26(32)18-30(17-20(2)31)37(34,35)23-13-8-12-22(16-23)36-3/h4-14,16,20,25-26,31-32H,15,17-18H2,1-3H3,(H,29,33)/t20-,25-,26+/m0/s1. The molecule has 1 heterocycles. The summed E-state index contributed by atoms with van der Waals surface area (Å²) in [5.41, 5.74) is 1.71. The molecule has 3 N–H and O–H groups in total. The van der Waals surface area contributed by atoms with Crippen LogP contribution < -0.4 is 10.1 Å². The Morgan fingerprint density at radius 2 is 1.73 bits per heavy atom. The average molecular weight is 528 g/mol. The zero-order chi connectivity index (χ0) is 27.0. The normalized spacial score (nSPS) is 14.1. The van der Waals surface area contributed by atoms with Crippen LogP contribution in [0.25, 0.3) is 0 Å². The van der Waals surface area contributed by atoms with Crippen LogP contribution in [-0.2, 0) is 16.4 Å². The number of nitrogens with zero attached hydrogens (tertiary/aromatic N) is 2. The molecule has 3 aromatic rings. The van der Waals surface area contributed by atoms with E-state index in [1.165, 1.54) is 26.2 Å². The molecule has 0 aliphatic rings. The zero-order valence-corrected chi connectivity index (χ0v) is 21.9. The molecule has 1 aromatic heterocycles. The monoisotopic (exact) mass is 527 g/mol. The van der Waals surface area contributed by atoms with Gasteiger partial charge in [-0.05, 0) is 50.1 Å². The van der Waals surface area contributed by atoms with Crippen molar-refractivity contribution in [3.8, 4) is 5.75 Å². The highest BCUT2D eigenvalue weighted by Gasteiger charge is 2.32. The summed E-state index contributed by atoms with van der Waals surface area (Å²) in [4.78, 5) is 17.2. The van der Waals surface area contributed by atoms with Crippen molar-refractivity contribution < 1.29 is 28.2 Å². The second-order valence-electron chi connectivity index (χ2n) is 8.85. The molecule has 1 amide bonds. The number of aryl methyl sites for hydroxylation is 1. The van der Waals surface area contributed by atoms with Crippen molar-refractivity contribution in [2.75, 3.05) is 20.2 Å². The zero-order valence-electron chi connectivity index (χ0n) is 21.1. The number of amides is 1. The Kier molecular flexibility index (Phi) is 9.76. The maximum atomic E-state index is 13.5. The first kappa shape index (κ1) is 28.3. The number of methoxy groups -OCH3 is 1. The number of hydrogen-bond acceptors (Lipinski definition) is 7. The van der Waals surface area contributed by atoms with Crippen molar-refractivity contribution in [3.05, 3.63) is 89.7 Å². The molecule has 3 atom stereocenters. The molecule has 9 nitrogen and oxygen atoms in total. The van der Waals surface area contributed by atoms with Crippen LogP contribution in [0.3, 0.4) is 0 Å². The molecule has 0 unspecified atom stereocenters. The van der Waals surface area contributed by atoms with Gasteiger partial charge in [0.1, 0.15) is 11.4 Å². The quantitative estimate of drug-likeness (QED) is 0.329. The molecule has 0 spiro atoms. The predicted octanol–water partition coefficient (Wildman–Crippen LogP) is 2.17. The van der Waals surface area contributed by atoms with Crippen LogP contribution in [0, 0.1) is 6.92 Å². The lowest BCUT2D eigenvalue weighted by Crippen LogP contribution is -2.51. The molecule has 2 aromatic carbocycles. The summed E-state index contributed by atoms with van der Waals surface area (Å²) in [6.45, 7) is 2.63. The van der Waals surface area contributed by atoms with Crippen LogP contribution in [0.1, 0.15) is 28.7 Å². The summed E-state index contributed by atoms with van der Waals surface area (Å²) in [7, 11) is -2.67. The Morgan fingerprint density at radius 1 is 1.03 bits per heavy atom. The highest BCUT2D eigenvalue weighted by Crippen LogP contribution is 2.22. The fraction of sp³-hybridized carbons (Fsp3) is 0.333. The third kappa shape index (κ3) is 7.83. The number of sulfonamides is 1. The van der Waals surface area contributed by atoms with E-state index in [-0.39, 0.29) is 30.1 Å². The number of benzene rings is 2. The number of aliphatic hydroxyl groups excluding tert-OH is 2. The third-order valence-corrected chi connectivity index (χ3v) is 7.57. The van der Waals surface area contributed by atoms with Gasteiger partial charge in [0.2, 0.25) is 10.0 Å². The topological polar surface area (TPSA) is 129 Å². The molecule has 0 aliphatic carbocycles. The van der Waals surface area contributed by atoms with E-state index in [0.717, 1.165) is 9.87 Å². The number of aliphatic hydroxyl groups is 2. The van der Waals surface area contributed by atoms with E-state index >= 15 is 0 Å².